The molecular weight excluding hydrogens is 345 g/mol. The lowest BCUT2D eigenvalue weighted by atomic mass is 10.1. The molecule has 0 fully saturated rings. The van der Waals surface area contributed by atoms with Crippen molar-refractivity contribution in [2.45, 2.75) is 16.8 Å². The Labute approximate surface area is 103 Å². The molecule has 0 amide bonds. The number of halogens is 11. The van der Waals surface area contributed by atoms with Crippen LogP contribution in [0.15, 0.2) is 11.9 Å². The van der Waals surface area contributed by atoms with E-state index in [1.807, 2.05) is 0 Å². The Morgan fingerprint density at radius 1 is 0.800 bits per heavy atom. The van der Waals surface area contributed by atoms with Crippen molar-refractivity contribution >= 4 is 10.2 Å². The molecule has 1 radical (unpaired) electrons. The Balaban J connectivity index is 6.57. The lowest BCUT2D eigenvalue weighted by Crippen LogP contribution is -2.60. The van der Waals surface area contributed by atoms with Gasteiger partial charge in [-0.2, -0.15) is 43.5 Å². The van der Waals surface area contributed by atoms with Crippen LogP contribution in [0.5, 0.6) is 0 Å². The van der Waals surface area contributed by atoms with Crippen molar-refractivity contribution in [1.82, 2.24) is 0 Å². The zero-order chi connectivity index (χ0) is 16.7. The molecule has 0 N–H and O–H groups in total. The lowest BCUT2D eigenvalue weighted by molar-refractivity contribution is -0.261. The minimum Gasteiger partial charge on any atom is -0.208 e. The molecule has 0 aromatic carbocycles. The summed E-state index contributed by atoms with van der Waals surface area (Å²) in [4.78, 5) is 0. The standard InChI is InChI=1S/C6F11O2S/c7-1(2(8)9)5(14,20(17,18)19)6(15,16)4(12,13)3(10)11. The van der Waals surface area contributed by atoms with Gasteiger partial charge in [0.25, 0.3) is 0 Å². The van der Waals surface area contributed by atoms with E-state index in [-0.39, 0.29) is 0 Å². The molecule has 20 heavy (non-hydrogen) atoms. The molecule has 0 aliphatic heterocycles. The highest BCUT2D eigenvalue weighted by molar-refractivity contribution is 7.87. The third-order valence-corrected chi connectivity index (χ3v) is 2.93. The predicted molar refractivity (Wildman–Crippen MR) is 39.6 cm³/mol. The maximum atomic E-state index is 13.1. The summed E-state index contributed by atoms with van der Waals surface area (Å²) in [6.07, 6.45) is -8.91. The average molecular weight is 345 g/mol. The van der Waals surface area contributed by atoms with Gasteiger partial charge in [0, 0.05) is 0 Å². The van der Waals surface area contributed by atoms with E-state index >= 15 is 0 Å². The Morgan fingerprint density at radius 3 is 1.35 bits per heavy atom. The first-order valence-corrected chi connectivity index (χ1v) is 5.22. The van der Waals surface area contributed by atoms with Crippen LogP contribution in [0.25, 0.3) is 0 Å². The van der Waals surface area contributed by atoms with Crippen LogP contribution < -0.4 is 0 Å². The highest BCUT2D eigenvalue weighted by atomic mass is 32.3. The molecule has 0 aliphatic carbocycles. The normalized spacial score (nSPS) is 17.0. The molecule has 0 heterocycles. The topological polar surface area (TPSA) is 34.1 Å². The second kappa shape index (κ2) is 5.04. The van der Waals surface area contributed by atoms with Crippen molar-refractivity contribution in [3.8, 4) is 0 Å². The Kier molecular flexibility index (Phi) is 4.76. The first kappa shape index (κ1) is 18.9. The summed E-state index contributed by atoms with van der Waals surface area (Å²) in [6, 6.07) is 0. The van der Waals surface area contributed by atoms with Gasteiger partial charge in [0.1, 0.15) is 0 Å². The number of alkyl halides is 5. The summed E-state index contributed by atoms with van der Waals surface area (Å²) in [6.45, 7) is 0. The number of hydrogen-bond acceptors (Lipinski definition) is 2. The van der Waals surface area contributed by atoms with Crippen LogP contribution in [-0.4, -0.2) is 25.3 Å². The van der Waals surface area contributed by atoms with Crippen molar-refractivity contribution in [2.75, 3.05) is 0 Å². The summed E-state index contributed by atoms with van der Waals surface area (Å²) in [5.74, 6) is -18.9. The third-order valence-electron chi connectivity index (χ3n) is 1.82. The van der Waals surface area contributed by atoms with E-state index in [1.165, 1.54) is 0 Å². The number of rotatable bonds is 5. The molecule has 0 aliphatic rings. The fraction of sp³-hybridized carbons (Fsp3) is 0.500. The molecule has 0 saturated carbocycles. The molecule has 0 spiro atoms. The van der Waals surface area contributed by atoms with Crippen molar-refractivity contribution in [1.29, 1.82) is 0 Å². The third kappa shape index (κ3) is 2.44. The van der Waals surface area contributed by atoms with Crippen LogP contribution in [0, 0.1) is 6.43 Å². The van der Waals surface area contributed by atoms with Crippen molar-refractivity contribution < 1.29 is 56.2 Å². The molecular formula is C6F11O2S. The fourth-order valence-electron chi connectivity index (χ4n) is 0.840. The van der Waals surface area contributed by atoms with Crippen molar-refractivity contribution in [2.24, 2.45) is 0 Å². The molecule has 0 bridgehead atoms. The van der Waals surface area contributed by atoms with E-state index in [9.17, 15) is 56.2 Å². The minimum absolute atomic E-state index is 4.26. The average Bonchev–Trinajstić information content (AvgIpc) is 2.24. The number of hydrogen-bond donors (Lipinski definition) is 0. The summed E-state index contributed by atoms with van der Waals surface area (Å²) in [5.41, 5.74) is 0. The zero-order valence-electron chi connectivity index (χ0n) is 8.38. The van der Waals surface area contributed by atoms with Crippen LogP contribution in [0.2, 0.25) is 0 Å². The van der Waals surface area contributed by atoms with E-state index in [1.54, 1.807) is 0 Å². The van der Waals surface area contributed by atoms with Crippen molar-refractivity contribution in [3.63, 3.8) is 0 Å². The van der Waals surface area contributed by atoms with Crippen LogP contribution in [0.1, 0.15) is 0 Å². The van der Waals surface area contributed by atoms with Gasteiger partial charge in [0.2, 0.25) is 5.83 Å². The van der Waals surface area contributed by atoms with Gasteiger partial charge < -0.3 is 0 Å². The molecule has 0 aromatic heterocycles. The van der Waals surface area contributed by atoms with Gasteiger partial charge in [0.15, 0.2) is 0 Å². The smallest absolute Gasteiger partial charge is 0.208 e. The summed E-state index contributed by atoms with van der Waals surface area (Å²) in [7, 11) is -7.84. The van der Waals surface area contributed by atoms with Crippen LogP contribution in [-0.2, 0) is 10.2 Å². The second-order valence-corrected chi connectivity index (χ2v) is 4.45. The largest absolute Gasteiger partial charge is 0.384 e. The molecule has 0 rings (SSSR count). The van der Waals surface area contributed by atoms with Crippen molar-refractivity contribution in [3.05, 3.63) is 18.3 Å². The van der Waals surface area contributed by atoms with Gasteiger partial charge in [-0.25, -0.2) is 8.78 Å². The Bertz CT molecular complexity index is 505. The monoisotopic (exact) mass is 345 g/mol. The maximum absolute atomic E-state index is 13.1. The highest BCUT2D eigenvalue weighted by Crippen LogP contribution is 2.56. The van der Waals surface area contributed by atoms with Crippen LogP contribution >= 0.6 is 0 Å². The SMILES string of the molecule is O=S(=O)(F)C(F)(C(F)=C(F)F)C(F)(F)C(F)(F)[C](F)F. The first-order chi connectivity index (χ1) is 8.55. The van der Waals surface area contributed by atoms with E-state index < -0.39 is 45.4 Å². The first-order valence-electron chi connectivity index (χ1n) is 3.83. The minimum atomic E-state index is -7.84. The van der Waals surface area contributed by atoms with Gasteiger partial charge in [-0.1, -0.05) is 0 Å². The van der Waals surface area contributed by atoms with E-state index in [4.69, 9.17) is 0 Å². The summed E-state index contributed by atoms with van der Waals surface area (Å²) >= 11 is 0. The maximum Gasteiger partial charge on any atom is 0.384 e. The van der Waals surface area contributed by atoms with Gasteiger partial charge in [-0.05, 0) is 0 Å². The molecule has 1 unspecified atom stereocenters. The predicted octanol–water partition coefficient (Wildman–Crippen LogP) is 3.73. The quantitative estimate of drug-likeness (QED) is 0.562. The van der Waals surface area contributed by atoms with E-state index in [0.29, 0.717) is 0 Å². The molecule has 1 atom stereocenters. The summed E-state index contributed by atoms with van der Waals surface area (Å²) in [5, 5.41) is -7.04. The fourth-order valence-corrected chi connectivity index (χ4v) is 1.57. The highest BCUT2D eigenvalue weighted by Gasteiger charge is 2.82. The van der Waals surface area contributed by atoms with Gasteiger partial charge in [-0.3, -0.25) is 0 Å². The molecule has 2 nitrogen and oxygen atoms in total. The van der Waals surface area contributed by atoms with E-state index in [0.717, 1.165) is 0 Å². The van der Waals surface area contributed by atoms with Gasteiger partial charge in [-0.15, -0.1) is 3.89 Å². The molecule has 0 saturated heterocycles. The Morgan fingerprint density at radius 2 is 1.15 bits per heavy atom. The van der Waals surface area contributed by atoms with Crippen LogP contribution in [0.4, 0.5) is 47.8 Å². The lowest BCUT2D eigenvalue weighted by Gasteiger charge is -2.32. The molecule has 14 heteroatoms. The van der Waals surface area contributed by atoms with Crippen LogP contribution in [0.3, 0.4) is 0 Å². The van der Waals surface area contributed by atoms with E-state index in [2.05, 4.69) is 0 Å². The Hall–Kier alpha value is -1.08. The van der Waals surface area contributed by atoms with Gasteiger partial charge >= 0.3 is 39.6 Å². The molecule has 0 aromatic rings. The van der Waals surface area contributed by atoms with Gasteiger partial charge in [0.05, 0.1) is 0 Å². The zero-order valence-corrected chi connectivity index (χ0v) is 9.20. The molecule has 119 valence electrons. The summed E-state index contributed by atoms with van der Waals surface area (Å²) < 4.78 is 154. The second-order valence-electron chi connectivity index (χ2n) is 3.02.